The number of likely N-dealkylation sites (tertiary alicyclic amines) is 1. The first-order valence-electron chi connectivity index (χ1n) is 9.36. The van der Waals surface area contributed by atoms with Gasteiger partial charge >= 0.3 is 6.03 Å². The fourth-order valence-electron chi connectivity index (χ4n) is 3.50. The van der Waals surface area contributed by atoms with E-state index in [0.717, 1.165) is 30.9 Å². The molecule has 3 heterocycles. The standard InChI is InChI=1S/C18H21F4N5O3S/c1-18(22,31(29,30)15-9-13(16(20)21)25-26(15)2)11-5-7-27(8-6-11)17(28)24-12-3-4-14(19)23-10-12/h3-4,9-11,16H,5-8H2,1-2H3,(H,24,28). The molecule has 1 fully saturated rings. The summed E-state index contributed by atoms with van der Waals surface area (Å²) in [6.07, 6.45) is -1.76. The van der Waals surface area contributed by atoms with Gasteiger partial charge < -0.3 is 10.2 Å². The fourth-order valence-corrected chi connectivity index (χ4v) is 5.25. The number of sulfone groups is 1. The van der Waals surface area contributed by atoms with Crippen molar-refractivity contribution in [3.05, 3.63) is 36.0 Å². The highest BCUT2D eigenvalue weighted by Crippen LogP contribution is 2.40. The van der Waals surface area contributed by atoms with Crippen molar-refractivity contribution in [2.45, 2.75) is 36.2 Å². The molecule has 170 valence electrons. The predicted octanol–water partition coefficient (Wildman–Crippen LogP) is 3.30. The van der Waals surface area contributed by atoms with Crippen LogP contribution >= 0.6 is 0 Å². The van der Waals surface area contributed by atoms with E-state index in [1.165, 1.54) is 11.0 Å². The first kappa shape index (κ1) is 23.0. The number of nitrogens with zero attached hydrogens (tertiary/aromatic N) is 4. The number of carbonyl (C=O) groups is 1. The Labute approximate surface area is 176 Å². The number of rotatable bonds is 5. The molecule has 1 aliphatic heterocycles. The normalized spacial score (nSPS) is 17.6. The molecule has 3 rings (SSSR count). The number of aromatic nitrogens is 3. The zero-order chi connectivity index (χ0) is 23.0. The van der Waals surface area contributed by atoms with Crippen LogP contribution in [0.2, 0.25) is 0 Å². The molecule has 1 saturated heterocycles. The molecule has 0 aliphatic carbocycles. The zero-order valence-electron chi connectivity index (χ0n) is 16.7. The van der Waals surface area contributed by atoms with Crippen LogP contribution in [0.5, 0.6) is 0 Å². The second-order valence-electron chi connectivity index (χ2n) is 7.38. The molecule has 0 spiro atoms. The fraction of sp³-hybridized carbons (Fsp3) is 0.500. The number of hydrogen-bond donors (Lipinski definition) is 1. The smallest absolute Gasteiger partial charge is 0.321 e. The van der Waals surface area contributed by atoms with Crippen molar-refractivity contribution >= 4 is 21.6 Å². The van der Waals surface area contributed by atoms with E-state index in [0.29, 0.717) is 6.07 Å². The lowest BCUT2D eigenvalue weighted by atomic mass is 9.92. The molecule has 0 bridgehead atoms. The molecule has 1 aliphatic rings. The van der Waals surface area contributed by atoms with Crippen LogP contribution < -0.4 is 5.32 Å². The van der Waals surface area contributed by atoms with Gasteiger partial charge in [-0.15, -0.1) is 0 Å². The molecule has 8 nitrogen and oxygen atoms in total. The third-order valence-electron chi connectivity index (χ3n) is 5.37. The average Bonchev–Trinajstić information content (AvgIpc) is 3.12. The number of aryl methyl sites for hydroxylation is 1. The van der Waals surface area contributed by atoms with Gasteiger partial charge in [-0.1, -0.05) is 0 Å². The third kappa shape index (κ3) is 4.50. The maximum atomic E-state index is 15.6. The minimum Gasteiger partial charge on any atom is -0.325 e. The van der Waals surface area contributed by atoms with Gasteiger partial charge in [0.1, 0.15) is 5.69 Å². The van der Waals surface area contributed by atoms with Gasteiger partial charge in [-0.2, -0.15) is 9.49 Å². The molecule has 1 unspecified atom stereocenters. The van der Waals surface area contributed by atoms with Crippen LogP contribution in [0.3, 0.4) is 0 Å². The number of urea groups is 1. The maximum absolute atomic E-state index is 15.6. The van der Waals surface area contributed by atoms with Crippen molar-refractivity contribution in [3.63, 3.8) is 0 Å². The summed E-state index contributed by atoms with van der Waals surface area (Å²) in [4.78, 5) is 17.1. The first-order valence-corrected chi connectivity index (χ1v) is 10.8. The number of anilines is 1. The Kier molecular flexibility index (Phi) is 6.25. The lowest BCUT2D eigenvalue weighted by molar-refractivity contribution is 0.117. The maximum Gasteiger partial charge on any atom is 0.321 e. The Morgan fingerprint density at radius 3 is 2.45 bits per heavy atom. The molecule has 0 saturated carbocycles. The molecule has 2 aromatic rings. The lowest BCUT2D eigenvalue weighted by Gasteiger charge is -2.37. The van der Waals surface area contributed by atoms with E-state index < -0.39 is 49.9 Å². The van der Waals surface area contributed by atoms with Gasteiger partial charge in [-0.25, -0.2) is 31.4 Å². The number of halogens is 4. The highest BCUT2D eigenvalue weighted by molar-refractivity contribution is 7.92. The Hall–Kier alpha value is -2.70. The minimum atomic E-state index is -4.63. The number of carbonyl (C=O) groups excluding carboxylic acids is 1. The molecule has 31 heavy (non-hydrogen) atoms. The van der Waals surface area contributed by atoms with Gasteiger partial charge in [0, 0.05) is 32.1 Å². The summed E-state index contributed by atoms with van der Waals surface area (Å²) in [6.45, 7) is 1.06. The summed E-state index contributed by atoms with van der Waals surface area (Å²) in [7, 11) is -3.48. The number of hydrogen-bond acceptors (Lipinski definition) is 5. The van der Waals surface area contributed by atoms with Gasteiger partial charge in [0.15, 0.2) is 5.03 Å². The largest absolute Gasteiger partial charge is 0.325 e. The second kappa shape index (κ2) is 8.44. The van der Waals surface area contributed by atoms with E-state index in [1.54, 1.807) is 0 Å². The molecule has 2 aromatic heterocycles. The van der Waals surface area contributed by atoms with Crippen LogP contribution in [0.1, 0.15) is 31.9 Å². The van der Waals surface area contributed by atoms with Crippen molar-refractivity contribution in [3.8, 4) is 0 Å². The van der Waals surface area contributed by atoms with E-state index in [1.807, 2.05) is 0 Å². The highest BCUT2D eigenvalue weighted by atomic mass is 32.2. The van der Waals surface area contributed by atoms with Crippen molar-refractivity contribution in [2.75, 3.05) is 18.4 Å². The first-order chi connectivity index (χ1) is 14.4. The Morgan fingerprint density at radius 2 is 1.94 bits per heavy atom. The summed E-state index contributed by atoms with van der Waals surface area (Å²) in [5.74, 6) is -1.66. The Bertz CT molecular complexity index is 1050. The quantitative estimate of drug-likeness (QED) is 0.542. The molecule has 13 heteroatoms. The highest BCUT2D eigenvalue weighted by Gasteiger charge is 2.50. The summed E-state index contributed by atoms with van der Waals surface area (Å²) in [5.41, 5.74) is -0.476. The lowest BCUT2D eigenvalue weighted by Crippen LogP contribution is -2.48. The number of alkyl halides is 3. The monoisotopic (exact) mass is 463 g/mol. The van der Waals surface area contributed by atoms with Crippen LogP contribution in [0.4, 0.5) is 28.0 Å². The molecule has 0 radical (unpaired) electrons. The van der Waals surface area contributed by atoms with Crippen LogP contribution in [0, 0.1) is 11.9 Å². The molecule has 2 amide bonds. The molecular formula is C18H21F4N5O3S. The third-order valence-corrected chi connectivity index (χ3v) is 7.69. The molecular weight excluding hydrogens is 442 g/mol. The molecule has 0 aromatic carbocycles. The molecule has 1 N–H and O–H groups in total. The van der Waals surface area contributed by atoms with E-state index in [9.17, 15) is 26.4 Å². The van der Waals surface area contributed by atoms with E-state index in [2.05, 4.69) is 15.4 Å². The number of piperidine rings is 1. The van der Waals surface area contributed by atoms with E-state index in [4.69, 9.17) is 0 Å². The Morgan fingerprint density at radius 1 is 1.29 bits per heavy atom. The van der Waals surface area contributed by atoms with Gasteiger partial charge in [0.2, 0.25) is 20.8 Å². The van der Waals surface area contributed by atoms with Crippen LogP contribution in [0.25, 0.3) is 0 Å². The zero-order valence-corrected chi connectivity index (χ0v) is 17.5. The van der Waals surface area contributed by atoms with Crippen LogP contribution in [-0.2, 0) is 16.9 Å². The van der Waals surface area contributed by atoms with Crippen LogP contribution in [0.15, 0.2) is 29.4 Å². The number of nitrogens with one attached hydrogen (secondary N) is 1. The van der Waals surface area contributed by atoms with Crippen molar-refractivity contribution in [1.29, 1.82) is 0 Å². The summed E-state index contributed by atoms with van der Waals surface area (Å²) < 4.78 is 80.6. The second-order valence-corrected chi connectivity index (χ2v) is 9.61. The Balaban J connectivity index is 1.68. The van der Waals surface area contributed by atoms with Gasteiger partial charge in [0.25, 0.3) is 6.43 Å². The summed E-state index contributed by atoms with van der Waals surface area (Å²) in [5, 5.41) is 2.60. The number of pyridine rings is 1. The predicted molar refractivity (Wildman–Crippen MR) is 102 cm³/mol. The van der Waals surface area contributed by atoms with Crippen molar-refractivity contribution in [1.82, 2.24) is 19.7 Å². The van der Waals surface area contributed by atoms with Gasteiger partial charge in [0.05, 0.1) is 11.9 Å². The summed E-state index contributed by atoms with van der Waals surface area (Å²) in [6, 6.07) is 2.58. The van der Waals surface area contributed by atoms with E-state index in [-0.39, 0.29) is 31.6 Å². The van der Waals surface area contributed by atoms with Gasteiger partial charge in [-0.3, -0.25) is 4.68 Å². The summed E-state index contributed by atoms with van der Waals surface area (Å²) >= 11 is 0. The molecule has 1 atom stereocenters. The van der Waals surface area contributed by atoms with E-state index >= 15 is 4.39 Å². The van der Waals surface area contributed by atoms with Gasteiger partial charge in [-0.05, 0) is 31.9 Å². The average molecular weight is 463 g/mol. The SMILES string of the molecule is Cn1nc(C(F)F)cc1S(=O)(=O)C(C)(F)C1CCN(C(=O)Nc2ccc(F)nc2)CC1. The number of amides is 2. The minimum absolute atomic E-state index is 0.0425. The van der Waals surface area contributed by atoms with Crippen molar-refractivity contribution in [2.24, 2.45) is 13.0 Å². The van der Waals surface area contributed by atoms with Crippen molar-refractivity contribution < 1.29 is 30.8 Å². The van der Waals surface area contributed by atoms with Crippen LogP contribution in [-0.4, -0.2) is 52.2 Å². The topological polar surface area (TPSA) is 97.2 Å².